The second-order valence-electron chi connectivity index (χ2n) is 2.43. The molecule has 1 aliphatic rings. The summed E-state index contributed by atoms with van der Waals surface area (Å²) in [7, 11) is 0. The van der Waals surface area contributed by atoms with E-state index in [1.54, 1.807) is 0 Å². The molecule has 0 saturated carbocycles. The van der Waals surface area contributed by atoms with Crippen LogP contribution in [0.1, 0.15) is 13.3 Å². The van der Waals surface area contributed by atoms with Gasteiger partial charge < -0.3 is 10.4 Å². The fraction of sp³-hybridized carbons (Fsp3) is 0.667. The topological polar surface area (TPSA) is 66.4 Å². The fourth-order valence-electron chi connectivity index (χ4n) is 1.01. The van der Waals surface area contributed by atoms with Gasteiger partial charge in [-0.05, 0) is 6.92 Å². The summed E-state index contributed by atoms with van der Waals surface area (Å²) in [6.45, 7) is 1.35. The molecule has 0 unspecified atom stereocenters. The minimum atomic E-state index is -0.829. The highest BCUT2D eigenvalue weighted by atomic mass is 16.3. The third-order valence-electron chi connectivity index (χ3n) is 1.53. The molecule has 2 N–H and O–H groups in total. The molecule has 10 heavy (non-hydrogen) atoms. The van der Waals surface area contributed by atoms with Gasteiger partial charge in [-0.1, -0.05) is 0 Å². The van der Waals surface area contributed by atoms with Crippen molar-refractivity contribution in [1.29, 1.82) is 0 Å². The summed E-state index contributed by atoms with van der Waals surface area (Å²) >= 11 is 0. The van der Waals surface area contributed by atoms with Crippen molar-refractivity contribution in [2.75, 3.05) is 0 Å². The molecule has 4 heteroatoms. The first-order valence-electron chi connectivity index (χ1n) is 3.09. The maximum atomic E-state index is 10.6. The van der Waals surface area contributed by atoms with Crippen LogP contribution in [-0.2, 0) is 9.59 Å². The smallest absolute Gasteiger partial charge is 0.223 e. The highest BCUT2D eigenvalue weighted by Gasteiger charge is 2.33. The molecule has 4 nitrogen and oxygen atoms in total. The highest BCUT2D eigenvalue weighted by Crippen LogP contribution is 2.07. The molecule has 0 aromatic rings. The first-order chi connectivity index (χ1) is 4.61. The predicted molar refractivity (Wildman–Crippen MR) is 33.2 cm³/mol. The number of aliphatic hydroxyl groups excluding tert-OH is 1. The monoisotopic (exact) mass is 143 g/mol. The maximum Gasteiger partial charge on any atom is 0.223 e. The standard InChI is InChI=1S/C6H9NO3/c1-3(8)6-4(9)2-5(10)7-6/h4,6,9H,2H2,1H3,(H,7,10)/t4-,6+/m0/s1. The number of hydrogen-bond donors (Lipinski definition) is 2. The average molecular weight is 143 g/mol. The number of nitrogens with one attached hydrogen (secondary N) is 1. The Hall–Kier alpha value is -0.900. The zero-order chi connectivity index (χ0) is 7.72. The lowest BCUT2D eigenvalue weighted by atomic mass is 10.1. The van der Waals surface area contributed by atoms with Gasteiger partial charge in [0, 0.05) is 0 Å². The van der Waals surface area contributed by atoms with E-state index in [1.165, 1.54) is 6.92 Å². The molecule has 0 spiro atoms. The van der Waals surface area contributed by atoms with E-state index in [0.717, 1.165) is 0 Å². The van der Waals surface area contributed by atoms with Gasteiger partial charge in [0.2, 0.25) is 5.91 Å². The van der Waals surface area contributed by atoms with Gasteiger partial charge in [0.05, 0.1) is 12.5 Å². The number of amides is 1. The predicted octanol–water partition coefficient (Wildman–Crippen LogP) is -1.18. The lowest BCUT2D eigenvalue weighted by Gasteiger charge is -2.08. The van der Waals surface area contributed by atoms with E-state index in [0.29, 0.717) is 0 Å². The maximum absolute atomic E-state index is 10.6. The van der Waals surface area contributed by atoms with Gasteiger partial charge in [0.25, 0.3) is 0 Å². The number of carbonyl (C=O) groups is 2. The molecule has 1 amide bonds. The number of rotatable bonds is 1. The molecule has 1 rings (SSSR count). The van der Waals surface area contributed by atoms with E-state index in [9.17, 15) is 9.59 Å². The van der Waals surface area contributed by atoms with Crippen LogP contribution in [-0.4, -0.2) is 28.9 Å². The number of ketones is 1. The SMILES string of the molecule is CC(=O)[C@H]1NC(=O)C[C@@H]1O. The first kappa shape index (κ1) is 7.21. The lowest BCUT2D eigenvalue weighted by molar-refractivity contribution is -0.123. The quantitative estimate of drug-likeness (QED) is 0.485. The van der Waals surface area contributed by atoms with Crippen LogP contribution in [0.5, 0.6) is 0 Å². The van der Waals surface area contributed by atoms with E-state index in [-0.39, 0.29) is 18.1 Å². The Balaban J connectivity index is 2.63. The Morgan fingerprint density at radius 2 is 2.40 bits per heavy atom. The molecule has 0 aromatic carbocycles. The molecule has 1 heterocycles. The molecule has 1 saturated heterocycles. The summed E-state index contributed by atoms with van der Waals surface area (Å²) in [6.07, 6.45) is -0.783. The second kappa shape index (κ2) is 2.38. The number of carbonyl (C=O) groups excluding carboxylic acids is 2. The Morgan fingerprint density at radius 3 is 2.60 bits per heavy atom. The molecule has 1 aliphatic heterocycles. The van der Waals surface area contributed by atoms with Crippen LogP contribution in [0.2, 0.25) is 0 Å². The summed E-state index contributed by atoms with van der Waals surface area (Å²) in [6, 6.07) is -0.674. The third-order valence-corrected chi connectivity index (χ3v) is 1.53. The van der Waals surface area contributed by atoms with Crippen LogP contribution in [0.3, 0.4) is 0 Å². The minimum Gasteiger partial charge on any atom is -0.390 e. The molecular weight excluding hydrogens is 134 g/mol. The molecule has 0 aliphatic carbocycles. The van der Waals surface area contributed by atoms with E-state index in [4.69, 9.17) is 5.11 Å². The number of aliphatic hydroxyl groups is 1. The van der Waals surface area contributed by atoms with Gasteiger partial charge in [-0.3, -0.25) is 9.59 Å². The molecule has 2 atom stereocenters. The summed E-state index contributed by atoms with van der Waals surface area (Å²) in [5, 5.41) is 11.4. The van der Waals surface area contributed by atoms with Crippen molar-refractivity contribution >= 4 is 11.7 Å². The Labute approximate surface area is 58.2 Å². The Kier molecular flexibility index (Phi) is 1.72. The van der Waals surface area contributed by atoms with Crippen molar-refractivity contribution in [1.82, 2.24) is 5.32 Å². The normalized spacial score (nSPS) is 32.0. The van der Waals surface area contributed by atoms with Gasteiger partial charge in [0.1, 0.15) is 6.04 Å². The van der Waals surface area contributed by atoms with Gasteiger partial charge >= 0.3 is 0 Å². The van der Waals surface area contributed by atoms with Gasteiger partial charge in [-0.2, -0.15) is 0 Å². The summed E-state index contributed by atoms with van der Waals surface area (Å²) in [5.74, 6) is -0.453. The zero-order valence-corrected chi connectivity index (χ0v) is 5.63. The fourth-order valence-corrected chi connectivity index (χ4v) is 1.01. The van der Waals surface area contributed by atoms with Gasteiger partial charge in [0.15, 0.2) is 5.78 Å². The van der Waals surface area contributed by atoms with Crippen molar-refractivity contribution < 1.29 is 14.7 Å². The van der Waals surface area contributed by atoms with Crippen LogP contribution >= 0.6 is 0 Å². The van der Waals surface area contributed by atoms with Crippen molar-refractivity contribution in [3.63, 3.8) is 0 Å². The summed E-state index contributed by atoms with van der Waals surface area (Å²) in [5.41, 5.74) is 0. The van der Waals surface area contributed by atoms with Crippen LogP contribution in [0.4, 0.5) is 0 Å². The van der Waals surface area contributed by atoms with Crippen LogP contribution in [0.15, 0.2) is 0 Å². The van der Waals surface area contributed by atoms with Gasteiger partial charge in [-0.15, -0.1) is 0 Å². The van der Waals surface area contributed by atoms with Crippen LogP contribution < -0.4 is 5.32 Å². The van der Waals surface area contributed by atoms with Gasteiger partial charge in [-0.25, -0.2) is 0 Å². The Bertz CT molecular complexity index is 178. The van der Waals surface area contributed by atoms with E-state index >= 15 is 0 Å². The molecular formula is C6H9NO3. The van der Waals surface area contributed by atoms with Crippen molar-refractivity contribution in [3.8, 4) is 0 Å². The molecule has 0 aromatic heterocycles. The van der Waals surface area contributed by atoms with Crippen molar-refractivity contribution in [2.24, 2.45) is 0 Å². The lowest BCUT2D eigenvalue weighted by Crippen LogP contribution is -2.37. The largest absolute Gasteiger partial charge is 0.390 e. The molecule has 0 bridgehead atoms. The molecule has 0 radical (unpaired) electrons. The average Bonchev–Trinajstić information content (AvgIpc) is 2.10. The number of hydrogen-bond acceptors (Lipinski definition) is 3. The van der Waals surface area contributed by atoms with Crippen molar-refractivity contribution in [2.45, 2.75) is 25.5 Å². The van der Waals surface area contributed by atoms with Crippen LogP contribution in [0.25, 0.3) is 0 Å². The second-order valence-corrected chi connectivity index (χ2v) is 2.43. The molecule has 1 fully saturated rings. The van der Waals surface area contributed by atoms with E-state index in [2.05, 4.69) is 5.32 Å². The Morgan fingerprint density at radius 1 is 1.80 bits per heavy atom. The first-order valence-corrected chi connectivity index (χ1v) is 3.09. The zero-order valence-electron chi connectivity index (χ0n) is 5.63. The van der Waals surface area contributed by atoms with E-state index < -0.39 is 12.1 Å². The summed E-state index contributed by atoms with van der Waals surface area (Å²) < 4.78 is 0. The van der Waals surface area contributed by atoms with E-state index in [1.807, 2.05) is 0 Å². The molecule has 56 valence electrons. The third kappa shape index (κ3) is 1.16. The van der Waals surface area contributed by atoms with Crippen molar-refractivity contribution in [3.05, 3.63) is 0 Å². The van der Waals surface area contributed by atoms with Crippen LogP contribution in [0, 0.1) is 0 Å². The number of Topliss-reactive ketones (excluding diaryl/α,β-unsaturated/α-hetero) is 1. The highest BCUT2D eigenvalue weighted by molar-refractivity contribution is 5.91. The summed E-state index contributed by atoms with van der Waals surface area (Å²) in [4.78, 5) is 21.2. The minimum absolute atomic E-state index is 0.0459.